The van der Waals surface area contributed by atoms with E-state index in [1.165, 1.54) is 10.6 Å². The lowest BCUT2D eigenvalue weighted by molar-refractivity contribution is -0.892. The molecule has 1 aliphatic heterocycles. The minimum Gasteiger partial charge on any atom is -0.360 e. The van der Waals surface area contributed by atoms with Crippen molar-refractivity contribution in [1.82, 2.24) is 4.98 Å². The third-order valence-corrected chi connectivity index (χ3v) is 5.21. The third-order valence-electron chi connectivity index (χ3n) is 4.96. The summed E-state index contributed by atoms with van der Waals surface area (Å²) in [5.74, 6) is 0.215. The van der Waals surface area contributed by atoms with Gasteiger partial charge >= 0.3 is 0 Å². The molecule has 0 unspecified atom stereocenters. The van der Waals surface area contributed by atoms with Crippen LogP contribution in [0.1, 0.15) is 10.4 Å². The van der Waals surface area contributed by atoms with E-state index in [0.717, 1.165) is 47.7 Å². The Kier molecular flexibility index (Phi) is 4.47. The van der Waals surface area contributed by atoms with E-state index in [0.29, 0.717) is 6.54 Å². The summed E-state index contributed by atoms with van der Waals surface area (Å²) in [6.45, 7) is 4.40. The number of ketones is 1. The standard InChI is InChI=1S/C20H20ClN3O/c21-15-5-7-16(8-6-15)24-11-9-23(10-12-24)14-20(25)18-13-22-19-4-2-1-3-17(18)19/h1-8,13,22H,9-12,14H2/p+1. The molecule has 2 N–H and O–H groups in total. The number of nitrogens with one attached hydrogen (secondary N) is 2. The van der Waals surface area contributed by atoms with Crippen LogP contribution < -0.4 is 9.80 Å². The number of H-pyrrole nitrogens is 1. The number of Topliss-reactive ketones (excluding diaryl/α,β-unsaturated/α-hetero) is 1. The molecule has 4 rings (SSSR count). The second-order valence-corrected chi connectivity index (χ2v) is 7.00. The van der Waals surface area contributed by atoms with Gasteiger partial charge in [0, 0.05) is 33.4 Å². The number of nitrogens with zero attached hydrogens (tertiary/aromatic N) is 1. The maximum Gasteiger partial charge on any atom is 0.219 e. The predicted molar refractivity (Wildman–Crippen MR) is 102 cm³/mol. The van der Waals surface area contributed by atoms with E-state index >= 15 is 0 Å². The monoisotopic (exact) mass is 354 g/mol. The number of para-hydroxylation sites is 1. The zero-order chi connectivity index (χ0) is 17.2. The van der Waals surface area contributed by atoms with E-state index in [1.807, 2.05) is 42.6 Å². The molecule has 0 bridgehead atoms. The van der Waals surface area contributed by atoms with Gasteiger partial charge in [-0.15, -0.1) is 0 Å². The lowest BCUT2D eigenvalue weighted by Gasteiger charge is -2.33. The molecule has 25 heavy (non-hydrogen) atoms. The fraction of sp³-hybridized carbons (Fsp3) is 0.250. The van der Waals surface area contributed by atoms with Gasteiger partial charge in [-0.2, -0.15) is 0 Å². The third kappa shape index (κ3) is 3.41. The van der Waals surface area contributed by atoms with Crippen molar-refractivity contribution in [2.75, 3.05) is 37.6 Å². The second kappa shape index (κ2) is 6.90. The minimum atomic E-state index is 0.215. The van der Waals surface area contributed by atoms with Gasteiger partial charge in [0.2, 0.25) is 5.78 Å². The molecule has 3 aromatic rings. The Labute approximate surface area is 152 Å². The van der Waals surface area contributed by atoms with Crippen LogP contribution in [-0.4, -0.2) is 43.5 Å². The van der Waals surface area contributed by atoms with Gasteiger partial charge in [0.15, 0.2) is 0 Å². The number of carbonyl (C=O) groups is 1. The predicted octanol–water partition coefficient (Wildman–Crippen LogP) is 2.41. The van der Waals surface area contributed by atoms with Crippen molar-refractivity contribution in [3.63, 3.8) is 0 Å². The minimum absolute atomic E-state index is 0.215. The molecule has 4 nitrogen and oxygen atoms in total. The molecule has 5 heteroatoms. The maximum atomic E-state index is 12.7. The summed E-state index contributed by atoms with van der Waals surface area (Å²) in [5.41, 5.74) is 3.03. The molecular weight excluding hydrogens is 334 g/mol. The number of fused-ring (bicyclic) bond motifs is 1. The van der Waals surface area contributed by atoms with Crippen molar-refractivity contribution in [1.29, 1.82) is 0 Å². The van der Waals surface area contributed by atoms with Crippen molar-refractivity contribution in [2.45, 2.75) is 0 Å². The molecule has 0 radical (unpaired) electrons. The molecule has 128 valence electrons. The van der Waals surface area contributed by atoms with Gasteiger partial charge in [-0.3, -0.25) is 4.79 Å². The smallest absolute Gasteiger partial charge is 0.219 e. The number of anilines is 1. The molecule has 1 fully saturated rings. The fourth-order valence-electron chi connectivity index (χ4n) is 3.53. The number of carbonyl (C=O) groups excluding carboxylic acids is 1. The van der Waals surface area contributed by atoms with Gasteiger partial charge < -0.3 is 14.8 Å². The van der Waals surface area contributed by atoms with Gasteiger partial charge in [-0.25, -0.2) is 0 Å². The van der Waals surface area contributed by atoms with E-state index in [2.05, 4.69) is 22.0 Å². The van der Waals surface area contributed by atoms with Gasteiger partial charge in [0.1, 0.15) is 6.54 Å². The van der Waals surface area contributed by atoms with Crippen molar-refractivity contribution < 1.29 is 9.69 Å². The molecule has 0 atom stereocenters. The van der Waals surface area contributed by atoms with Crippen molar-refractivity contribution >= 4 is 34.0 Å². The highest BCUT2D eigenvalue weighted by molar-refractivity contribution is 6.30. The van der Waals surface area contributed by atoms with E-state index < -0.39 is 0 Å². The molecule has 0 spiro atoms. The Balaban J connectivity index is 1.38. The summed E-state index contributed by atoms with van der Waals surface area (Å²) < 4.78 is 0. The van der Waals surface area contributed by atoms with Crippen LogP contribution in [0.4, 0.5) is 5.69 Å². The Bertz CT molecular complexity index is 879. The molecule has 1 aromatic heterocycles. The van der Waals surface area contributed by atoms with Crippen LogP contribution >= 0.6 is 11.6 Å². The summed E-state index contributed by atoms with van der Waals surface area (Å²) >= 11 is 5.96. The average Bonchev–Trinajstić information content (AvgIpc) is 3.07. The topological polar surface area (TPSA) is 40.5 Å². The van der Waals surface area contributed by atoms with Crippen LogP contribution in [0.5, 0.6) is 0 Å². The zero-order valence-corrected chi connectivity index (χ0v) is 14.7. The molecule has 1 saturated heterocycles. The largest absolute Gasteiger partial charge is 0.360 e. The lowest BCUT2D eigenvalue weighted by Crippen LogP contribution is -3.15. The van der Waals surface area contributed by atoms with E-state index in [1.54, 1.807) is 0 Å². The second-order valence-electron chi connectivity index (χ2n) is 6.56. The molecule has 1 aliphatic rings. The molecule has 0 saturated carbocycles. The lowest BCUT2D eigenvalue weighted by atomic mass is 10.1. The van der Waals surface area contributed by atoms with E-state index in [-0.39, 0.29) is 5.78 Å². The first kappa shape index (κ1) is 16.2. The maximum absolute atomic E-state index is 12.7. The molecule has 0 amide bonds. The number of piperazine rings is 1. The highest BCUT2D eigenvalue weighted by Crippen LogP contribution is 2.19. The summed E-state index contributed by atoms with van der Waals surface area (Å²) in [6.07, 6.45) is 1.84. The first-order valence-electron chi connectivity index (χ1n) is 8.64. The van der Waals surface area contributed by atoms with Crippen molar-refractivity contribution in [3.05, 3.63) is 65.3 Å². The summed E-state index contributed by atoms with van der Waals surface area (Å²) in [6, 6.07) is 15.9. The van der Waals surface area contributed by atoms with Crippen molar-refractivity contribution in [3.8, 4) is 0 Å². The van der Waals surface area contributed by atoms with Gasteiger partial charge in [-0.05, 0) is 30.3 Å². The molecule has 0 aliphatic carbocycles. The number of halogens is 1. The zero-order valence-electron chi connectivity index (χ0n) is 14.0. The number of rotatable bonds is 4. The van der Waals surface area contributed by atoms with E-state index in [4.69, 9.17) is 11.6 Å². The van der Waals surface area contributed by atoms with Crippen LogP contribution in [0.3, 0.4) is 0 Å². The van der Waals surface area contributed by atoms with Gasteiger partial charge in [0.25, 0.3) is 0 Å². The summed E-state index contributed by atoms with van der Waals surface area (Å²) in [7, 11) is 0. The number of benzene rings is 2. The average molecular weight is 355 g/mol. The first-order valence-corrected chi connectivity index (χ1v) is 9.02. The Morgan fingerprint density at radius 3 is 2.56 bits per heavy atom. The number of quaternary nitrogens is 1. The highest BCUT2D eigenvalue weighted by atomic mass is 35.5. The van der Waals surface area contributed by atoms with Gasteiger partial charge in [-0.1, -0.05) is 29.8 Å². The van der Waals surface area contributed by atoms with Gasteiger partial charge in [0.05, 0.1) is 26.2 Å². The van der Waals surface area contributed by atoms with Crippen molar-refractivity contribution in [2.24, 2.45) is 0 Å². The van der Waals surface area contributed by atoms with Crippen LogP contribution in [0, 0.1) is 0 Å². The SMILES string of the molecule is O=C(C[NH+]1CCN(c2ccc(Cl)cc2)CC1)c1c[nH]c2ccccc12. The Morgan fingerprint density at radius 1 is 1.08 bits per heavy atom. The quantitative estimate of drug-likeness (QED) is 0.706. The van der Waals surface area contributed by atoms with Crippen LogP contribution in [0.15, 0.2) is 54.7 Å². The molecule has 2 heterocycles. The summed E-state index contributed by atoms with van der Waals surface area (Å²) in [5, 5.41) is 1.78. The molecule has 2 aromatic carbocycles. The molecular formula is C20H21ClN3O+. The van der Waals surface area contributed by atoms with Crippen LogP contribution in [0.2, 0.25) is 5.02 Å². The first-order chi connectivity index (χ1) is 12.2. The number of aromatic amines is 1. The fourth-order valence-corrected chi connectivity index (χ4v) is 3.66. The van der Waals surface area contributed by atoms with E-state index in [9.17, 15) is 4.79 Å². The normalized spacial score (nSPS) is 15.6. The number of hydrogen-bond acceptors (Lipinski definition) is 2. The van der Waals surface area contributed by atoms with Crippen LogP contribution in [-0.2, 0) is 0 Å². The Morgan fingerprint density at radius 2 is 1.80 bits per heavy atom. The number of hydrogen-bond donors (Lipinski definition) is 2. The highest BCUT2D eigenvalue weighted by Gasteiger charge is 2.24. The summed E-state index contributed by atoms with van der Waals surface area (Å²) in [4.78, 5) is 19.6. The Hall–Kier alpha value is -2.30. The van der Waals surface area contributed by atoms with Crippen LogP contribution in [0.25, 0.3) is 10.9 Å². The number of aromatic nitrogens is 1.